The SMILES string of the molecule is C#CCC(=O)N[C@H]1c2ccccc2C[C@H]1O. The van der Waals surface area contributed by atoms with Crippen molar-refractivity contribution in [3.63, 3.8) is 0 Å². The summed E-state index contributed by atoms with van der Waals surface area (Å²) in [5, 5.41) is 12.6. The molecule has 16 heavy (non-hydrogen) atoms. The van der Waals surface area contributed by atoms with Crippen LogP contribution in [0, 0.1) is 12.3 Å². The summed E-state index contributed by atoms with van der Waals surface area (Å²) in [5.74, 6) is 2.07. The molecule has 82 valence electrons. The summed E-state index contributed by atoms with van der Waals surface area (Å²) in [4.78, 5) is 11.4. The van der Waals surface area contributed by atoms with Crippen molar-refractivity contribution in [2.45, 2.75) is 25.0 Å². The first-order chi connectivity index (χ1) is 7.72. The van der Waals surface area contributed by atoms with Crippen molar-refractivity contribution in [1.82, 2.24) is 5.32 Å². The molecule has 0 aromatic heterocycles. The lowest BCUT2D eigenvalue weighted by atomic mass is 10.1. The number of nitrogens with one attached hydrogen (secondary N) is 1. The number of benzene rings is 1. The van der Waals surface area contributed by atoms with Crippen LogP contribution in [0.5, 0.6) is 0 Å². The van der Waals surface area contributed by atoms with Gasteiger partial charge in [-0.25, -0.2) is 0 Å². The van der Waals surface area contributed by atoms with E-state index in [1.165, 1.54) is 0 Å². The van der Waals surface area contributed by atoms with Crippen LogP contribution >= 0.6 is 0 Å². The second kappa shape index (κ2) is 4.38. The number of amides is 1. The lowest BCUT2D eigenvalue weighted by molar-refractivity contribution is -0.121. The van der Waals surface area contributed by atoms with Gasteiger partial charge < -0.3 is 10.4 Å². The van der Waals surface area contributed by atoms with E-state index in [9.17, 15) is 9.90 Å². The van der Waals surface area contributed by atoms with Gasteiger partial charge in [-0.3, -0.25) is 4.79 Å². The van der Waals surface area contributed by atoms with Gasteiger partial charge in [-0.1, -0.05) is 30.2 Å². The standard InChI is InChI=1S/C13H13NO2/c1-2-5-12(16)14-13-10-7-4-3-6-9(10)8-11(13)15/h1,3-4,6-7,11,13,15H,5,8H2,(H,14,16)/t11-,13+/m1/s1. The molecule has 0 heterocycles. The van der Waals surface area contributed by atoms with Gasteiger partial charge in [0.1, 0.15) is 0 Å². The van der Waals surface area contributed by atoms with E-state index in [1.807, 2.05) is 24.3 Å². The van der Waals surface area contributed by atoms with E-state index in [-0.39, 0.29) is 18.4 Å². The third-order valence-electron chi connectivity index (χ3n) is 2.78. The van der Waals surface area contributed by atoms with Crippen LogP contribution in [0.4, 0.5) is 0 Å². The zero-order chi connectivity index (χ0) is 11.5. The Morgan fingerprint density at radius 2 is 2.31 bits per heavy atom. The van der Waals surface area contributed by atoms with Crippen LogP contribution in [-0.4, -0.2) is 17.1 Å². The highest BCUT2D eigenvalue weighted by Gasteiger charge is 2.31. The van der Waals surface area contributed by atoms with Gasteiger partial charge in [-0.05, 0) is 11.1 Å². The summed E-state index contributed by atoms with van der Waals surface area (Å²) < 4.78 is 0. The van der Waals surface area contributed by atoms with Crippen LogP contribution in [0.2, 0.25) is 0 Å². The van der Waals surface area contributed by atoms with Crippen LogP contribution < -0.4 is 5.32 Å². The molecule has 0 aliphatic heterocycles. The predicted octanol–water partition coefficient (Wildman–Crippen LogP) is 0.784. The fourth-order valence-electron chi connectivity index (χ4n) is 2.07. The largest absolute Gasteiger partial charge is 0.390 e. The number of hydrogen-bond acceptors (Lipinski definition) is 2. The summed E-state index contributed by atoms with van der Waals surface area (Å²) in [5.41, 5.74) is 2.07. The molecule has 1 amide bonds. The Morgan fingerprint density at radius 1 is 1.56 bits per heavy atom. The van der Waals surface area contributed by atoms with Gasteiger partial charge in [0.2, 0.25) is 5.91 Å². The normalized spacial score (nSPS) is 22.2. The minimum atomic E-state index is -0.556. The zero-order valence-electron chi connectivity index (χ0n) is 8.81. The van der Waals surface area contributed by atoms with Crippen molar-refractivity contribution in [2.24, 2.45) is 0 Å². The van der Waals surface area contributed by atoms with Gasteiger partial charge in [-0.15, -0.1) is 6.42 Å². The molecule has 1 aromatic rings. The number of terminal acetylenes is 1. The van der Waals surface area contributed by atoms with Crippen molar-refractivity contribution in [1.29, 1.82) is 0 Å². The lowest BCUT2D eigenvalue weighted by Gasteiger charge is -2.17. The van der Waals surface area contributed by atoms with Gasteiger partial charge in [0.25, 0.3) is 0 Å². The number of carbonyl (C=O) groups is 1. The van der Waals surface area contributed by atoms with Crippen molar-refractivity contribution in [2.75, 3.05) is 0 Å². The van der Waals surface area contributed by atoms with E-state index >= 15 is 0 Å². The van der Waals surface area contributed by atoms with Crippen LogP contribution in [0.1, 0.15) is 23.6 Å². The summed E-state index contributed by atoms with van der Waals surface area (Å²) >= 11 is 0. The van der Waals surface area contributed by atoms with Gasteiger partial charge in [-0.2, -0.15) is 0 Å². The molecule has 0 saturated heterocycles. The summed E-state index contributed by atoms with van der Waals surface area (Å²) in [6, 6.07) is 7.39. The monoisotopic (exact) mass is 215 g/mol. The first-order valence-corrected chi connectivity index (χ1v) is 5.21. The van der Waals surface area contributed by atoms with Crippen molar-refractivity contribution >= 4 is 5.91 Å². The molecule has 0 unspecified atom stereocenters. The van der Waals surface area contributed by atoms with Crippen LogP contribution in [0.3, 0.4) is 0 Å². The number of fused-ring (bicyclic) bond motifs is 1. The number of rotatable bonds is 2. The van der Waals surface area contributed by atoms with Crippen molar-refractivity contribution in [3.8, 4) is 12.3 Å². The Bertz CT molecular complexity index is 447. The van der Waals surface area contributed by atoms with Crippen molar-refractivity contribution in [3.05, 3.63) is 35.4 Å². The summed E-state index contributed by atoms with van der Waals surface area (Å²) in [6.07, 6.45) is 5.13. The van der Waals surface area contributed by atoms with Gasteiger partial charge >= 0.3 is 0 Å². The number of aliphatic hydroxyl groups excluding tert-OH is 1. The molecular formula is C13H13NO2. The zero-order valence-corrected chi connectivity index (χ0v) is 8.81. The van der Waals surface area contributed by atoms with E-state index in [0.717, 1.165) is 11.1 Å². The average Bonchev–Trinajstić information content (AvgIpc) is 2.56. The molecule has 2 N–H and O–H groups in total. The molecule has 3 nitrogen and oxygen atoms in total. The number of aliphatic hydroxyl groups is 1. The Morgan fingerprint density at radius 3 is 3.06 bits per heavy atom. The van der Waals surface area contributed by atoms with Gasteiger partial charge in [0.15, 0.2) is 0 Å². The Hall–Kier alpha value is -1.79. The van der Waals surface area contributed by atoms with Crippen LogP contribution in [0.25, 0.3) is 0 Å². The molecule has 1 aliphatic carbocycles. The molecule has 0 fully saturated rings. The third kappa shape index (κ3) is 1.93. The molecule has 1 aromatic carbocycles. The Labute approximate surface area is 94.5 Å². The molecule has 1 aliphatic rings. The fourth-order valence-corrected chi connectivity index (χ4v) is 2.07. The molecule has 0 radical (unpaired) electrons. The maximum Gasteiger partial charge on any atom is 0.232 e. The minimum Gasteiger partial charge on any atom is -0.390 e. The highest BCUT2D eigenvalue weighted by molar-refractivity contribution is 5.79. The fraction of sp³-hybridized carbons (Fsp3) is 0.308. The topological polar surface area (TPSA) is 49.3 Å². The first-order valence-electron chi connectivity index (χ1n) is 5.21. The maximum atomic E-state index is 11.4. The molecule has 0 bridgehead atoms. The van der Waals surface area contributed by atoms with Crippen molar-refractivity contribution < 1.29 is 9.90 Å². The minimum absolute atomic E-state index is 0.0470. The van der Waals surface area contributed by atoms with E-state index in [2.05, 4.69) is 11.2 Å². The third-order valence-corrected chi connectivity index (χ3v) is 2.78. The summed E-state index contributed by atoms with van der Waals surface area (Å²) in [7, 11) is 0. The van der Waals surface area contributed by atoms with E-state index < -0.39 is 6.10 Å². The Kier molecular flexibility index (Phi) is 2.93. The van der Waals surface area contributed by atoms with E-state index in [0.29, 0.717) is 6.42 Å². The first kappa shape index (κ1) is 10.7. The molecule has 0 saturated carbocycles. The van der Waals surface area contributed by atoms with Gasteiger partial charge in [0.05, 0.1) is 18.6 Å². The highest BCUT2D eigenvalue weighted by atomic mass is 16.3. The predicted molar refractivity (Wildman–Crippen MR) is 60.5 cm³/mol. The molecule has 0 spiro atoms. The lowest BCUT2D eigenvalue weighted by Crippen LogP contribution is -2.33. The highest BCUT2D eigenvalue weighted by Crippen LogP contribution is 2.31. The maximum absolute atomic E-state index is 11.4. The molecule has 2 atom stereocenters. The molecule has 2 rings (SSSR count). The van der Waals surface area contributed by atoms with Crippen LogP contribution in [0.15, 0.2) is 24.3 Å². The average molecular weight is 215 g/mol. The number of carbonyl (C=O) groups excluding carboxylic acids is 1. The summed E-state index contributed by atoms with van der Waals surface area (Å²) in [6.45, 7) is 0. The second-order valence-corrected chi connectivity index (χ2v) is 3.90. The van der Waals surface area contributed by atoms with E-state index in [4.69, 9.17) is 6.42 Å². The Balaban J connectivity index is 2.17. The second-order valence-electron chi connectivity index (χ2n) is 3.90. The van der Waals surface area contributed by atoms with Crippen LogP contribution in [-0.2, 0) is 11.2 Å². The smallest absolute Gasteiger partial charge is 0.232 e. The molecule has 3 heteroatoms. The van der Waals surface area contributed by atoms with E-state index in [1.54, 1.807) is 0 Å². The quantitative estimate of drug-likeness (QED) is 0.716. The molecular weight excluding hydrogens is 202 g/mol. The van der Waals surface area contributed by atoms with Gasteiger partial charge in [0, 0.05) is 6.42 Å². The number of hydrogen-bond donors (Lipinski definition) is 2.